The van der Waals surface area contributed by atoms with Gasteiger partial charge in [-0.1, -0.05) is 6.92 Å². The monoisotopic (exact) mass is 254 g/mol. The second-order valence-corrected chi connectivity index (χ2v) is 4.14. The summed E-state index contributed by atoms with van der Waals surface area (Å²) in [4.78, 5) is 29.4. The zero-order chi connectivity index (χ0) is 13.5. The zero-order valence-corrected chi connectivity index (χ0v) is 10.4. The maximum Gasteiger partial charge on any atom is 0.326 e. The van der Waals surface area contributed by atoms with Crippen LogP contribution < -0.4 is 10.6 Å². The van der Waals surface area contributed by atoms with Crippen molar-refractivity contribution in [3.8, 4) is 0 Å². The van der Waals surface area contributed by atoms with E-state index in [0.717, 1.165) is 0 Å². The van der Waals surface area contributed by atoms with Crippen LogP contribution in [0.25, 0.3) is 0 Å². The summed E-state index contributed by atoms with van der Waals surface area (Å²) in [5.41, 5.74) is 0.670. The van der Waals surface area contributed by atoms with Crippen LogP contribution in [0.15, 0.2) is 12.5 Å². The van der Waals surface area contributed by atoms with E-state index >= 15 is 0 Å². The molecular weight excluding hydrogens is 236 g/mol. The fraction of sp³-hybridized carbons (Fsp3) is 0.545. The lowest BCUT2D eigenvalue weighted by atomic mass is 10.1. The number of imidazole rings is 1. The first-order valence-corrected chi connectivity index (χ1v) is 5.69. The fourth-order valence-electron chi connectivity index (χ4n) is 1.53. The minimum absolute atomic E-state index is 0.188. The quantitative estimate of drug-likeness (QED) is 0.518. The van der Waals surface area contributed by atoms with Gasteiger partial charge in [0.15, 0.2) is 0 Å². The van der Waals surface area contributed by atoms with E-state index in [4.69, 9.17) is 5.11 Å². The summed E-state index contributed by atoms with van der Waals surface area (Å²) in [5, 5.41) is 14.5. The molecule has 0 aliphatic carbocycles. The van der Waals surface area contributed by atoms with Crippen LogP contribution in [0.5, 0.6) is 0 Å². The standard InChI is InChI=1S/C11H18N4O3/c1-7(4-12-2)10(16)15-9(11(17)18)3-8-5-13-6-14-8/h5-7,9,12H,3-4H2,1-2H3,(H,13,14)(H,15,16)(H,17,18)/t7?,9-/m0/s1. The van der Waals surface area contributed by atoms with Crippen molar-refractivity contribution in [1.29, 1.82) is 0 Å². The Bertz CT molecular complexity index is 391. The number of hydrogen-bond donors (Lipinski definition) is 4. The van der Waals surface area contributed by atoms with E-state index in [2.05, 4.69) is 20.6 Å². The lowest BCUT2D eigenvalue weighted by Gasteiger charge is -2.17. The molecule has 0 fully saturated rings. The molecule has 7 nitrogen and oxygen atoms in total. The minimum Gasteiger partial charge on any atom is -0.480 e. The second-order valence-electron chi connectivity index (χ2n) is 4.14. The summed E-state index contributed by atoms with van der Waals surface area (Å²) >= 11 is 0. The van der Waals surface area contributed by atoms with Gasteiger partial charge in [-0.25, -0.2) is 9.78 Å². The van der Waals surface area contributed by atoms with E-state index in [1.165, 1.54) is 6.33 Å². The maximum atomic E-state index is 11.7. The van der Waals surface area contributed by atoms with Crippen LogP contribution in [-0.4, -0.2) is 46.6 Å². The molecular formula is C11H18N4O3. The summed E-state index contributed by atoms with van der Waals surface area (Å²) in [7, 11) is 1.74. The third kappa shape index (κ3) is 4.17. The molecule has 0 bridgehead atoms. The molecule has 1 heterocycles. The van der Waals surface area contributed by atoms with Crippen LogP contribution >= 0.6 is 0 Å². The molecule has 7 heteroatoms. The normalized spacial score (nSPS) is 13.9. The van der Waals surface area contributed by atoms with Gasteiger partial charge in [0.25, 0.3) is 0 Å². The van der Waals surface area contributed by atoms with Crippen molar-refractivity contribution in [3.05, 3.63) is 18.2 Å². The van der Waals surface area contributed by atoms with Crippen LogP contribution in [-0.2, 0) is 16.0 Å². The molecule has 1 unspecified atom stereocenters. The molecule has 1 rings (SSSR count). The lowest BCUT2D eigenvalue weighted by molar-refractivity contribution is -0.142. The average molecular weight is 254 g/mol. The zero-order valence-electron chi connectivity index (χ0n) is 10.4. The number of aliphatic carboxylic acids is 1. The number of carboxylic acids is 1. The Morgan fingerprint density at radius 1 is 1.56 bits per heavy atom. The summed E-state index contributed by atoms with van der Waals surface area (Å²) < 4.78 is 0. The number of nitrogens with one attached hydrogen (secondary N) is 3. The Balaban J connectivity index is 2.58. The van der Waals surface area contributed by atoms with Gasteiger partial charge >= 0.3 is 5.97 Å². The molecule has 4 N–H and O–H groups in total. The first-order valence-electron chi connectivity index (χ1n) is 5.69. The second kappa shape index (κ2) is 6.75. The molecule has 18 heavy (non-hydrogen) atoms. The molecule has 0 saturated carbocycles. The molecule has 0 spiro atoms. The van der Waals surface area contributed by atoms with Gasteiger partial charge in [0, 0.05) is 30.8 Å². The van der Waals surface area contributed by atoms with E-state index in [9.17, 15) is 9.59 Å². The van der Waals surface area contributed by atoms with Crippen molar-refractivity contribution in [2.24, 2.45) is 5.92 Å². The highest BCUT2D eigenvalue weighted by Crippen LogP contribution is 2.01. The molecule has 0 radical (unpaired) electrons. The van der Waals surface area contributed by atoms with E-state index in [1.807, 2.05) is 0 Å². The van der Waals surface area contributed by atoms with E-state index in [1.54, 1.807) is 20.2 Å². The molecule has 1 amide bonds. The minimum atomic E-state index is -1.06. The molecule has 2 atom stereocenters. The van der Waals surface area contributed by atoms with Crippen molar-refractivity contribution < 1.29 is 14.7 Å². The van der Waals surface area contributed by atoms with Crippen LogP contribution in [0.2, 0.25) is 0 Å². The van der Waals surface area contributed by atoms with Gasteiger partial charge in [-0.15, -0.1) is 0 Å². The highest BCUT2D eigenvalue weighted by molar-refractivity contribution is 5.85. The van der Waals surface area contributed by atoms with Gasteiger partial charge < -0.3 is 20.7 Å². The van der Waals surface area contributed by atoms with E-state index in [-0.39, 0.29) is 18.2 Å². The Labute approximate surface area is 105 Å². The average Bonchev–Trinajstić information content (AvgIpc) is 2.81. The Morgan fingerprint density at radius 2 is 2.28 bits per heavy atom. The predicted molar refractivity (Wildman–Crippen MR) is 64.9 cm³/mol. The van der Waals surface area contributed by atoms with Crippen molar-refractivity contribution in [1.82, 2.24) is 20.6 Å². The topological polar surface area (TPSA) is 107 Å². The number of H-pyrrole nitrogens is 1. The number of carbonyl (C=O) groups excluding carboxylic acids is 1. The van der Waals surface area contributed by atoms with Crippen molar-refractivity contribution in [2.45, 2.75) is 19.4 Å². The number of aromatic nitrogens is 2. The smallest absolute Gasteiger partial charge is 0.326 e. The van der Waals surface area contributed by atoms with Gasteiger partial charge in [0.1, 0.15) is 6.04 Å². The fourth-order valence-corrected chi connectivity index (χ4v) is 1.53. The van der Waals surface area contributed by atoms with E-state index in [0.29, 0.717) is 12.2 Å². The van der Waals surface area contributed by atoms with Crippen LogP contribution in [0.3, 0.4) is 0 Å². The number of aromatic amines is 1. The van der Waals surface area contributed by atoms with Gasteiger partial charge in [-0.2, -0.15) is 0 Å². The molecule has 0 saturated heterocycles. The van der Waals surface area contributed by atoms with Gasteiger partial charge in [-0.05, 0) is 7.05 Å². The van der Waals surface area contributed by atoms with E-state index < -0.39 is 12.0 Å². The number of nitrogens with zero attached hydrogens (tertiary/aromatic N) is 1. The largest absolute Gasteiger partial charge is 0.480 e. The summed E-state index contributed by atoms with van der Waals surface area (Å²) in [6.45, 7) is 2.24. The summed E-state index contributed by atoms with van der Waals surface area (Å²) in [6.07, 6.45) is 3.20. The molecule has 100 valence electrons. The molecule has 1 aromatic heterocycles. The molecule has 0 aliphatic heterocycles. The van der Waals surface area contributed by atoms with Crippen molar-refractivity contribution >= 4 is 11.9 Å². The SMILES string of the molecule is CNCC(C)C(=O)N[C@@H](Cc1cnc[nH]1)C(=O)O. The highest BCUT2D eigenvalue weighted by atomic mass is 16.4. The number of rotatable bonds is 7. The lowest BCUT2D eigenvalue weighted by Crippen LogP contribution is -2.46. The predicted octanol–water partition coefficient (Wildman–Crippen LogP) is -0.623. The van der Waals surface area contributed by atoms with Crippen LogP contribution in [0.1, 0.15) is 12.6 Å². The number of carbonyl (C=O) groups is 2. The summed E-state index contributed by atoms with van der Waals surface area (Å²) in [6, 6.07) is -0.947. The van der Waals surface area contributed by atoms with Gasteiger partial charge in [0.05, 0.1) is 6.33 Å². The Morgan fingerprint density at radius 3 is 2.78 bits per heavy atom. The summed E-state index contributed by atoms with van der Waals surface area (Å²) in [5.74, 6) is -1.62. The van der Waals surface area contributed by atoms with Gasteiger partial charge in [-0.3, -0.25) is 4.79 Å². The molecule has 0 aromatic carbocycles. The van der Waals surface area contributed by atoms with Crippen molar-refractivity contribution in [3.63, 3.8) is 0 Å². The third-order valence-corrected chi connectivity index (χ3v) is 2.55. The third-order valence-electron chi connectivity index (χ3n) is 2.55. The molecule has 0 aliphatic rings. The molecule has 1 aromatic rings. The Kier molecular flexibility index (Phi) is 5.31. The maximum absolute atomic E-state index is 11.7. The van der Waals surface area contributed by atoms with Gasteiger partial charge in [0.2, 0.25) is 5.91 Å². The first-order chi connectivity index (χ1) is 8.54. The van der Waals surface area contributed by atoms with Crippen LogP contribution in [0, 0.1) is 5.92 Å². The highest BCUT2D eigenvalue weighted by Gasteiger charge is 2.23. The first kappa shape index (κ1) is 14.2. The number of carboxylic acid groups (broad SMARTS) is 1. The van der Waals surface area contributed by atoms with Crippen LogP contribution in [0.4, 0.5) is 0 Å². The van der Waals surface area contributed by atoms with Crippen molar-refractivity contribution in [2.75, 3.05) is 13.6 Å². The number of amides is 1. The number of hydrogen-bond acceptors (Lipinski definition) is 4. The Hall–Kier alpha value is -1.89.